The summed E-state index contributed by atoms with van der Waals surface area (Å²) < 4.78 is 5.47. The van der Waals surface area contributed by atoms with Crippen molar-refractivity contribution in [1.82, 2.24) is 4.98 Å². The van der Waals surface area contributed by atoms with E-state index in [1.165, 1.54) is 6.07 Å². The fourth-order valence-corrected chi connectivity index (χ4v) is 1.61. The third kappa shape index (κ3) is 2.99. The van der Waals surface area contributed by atoms with Crippen molar-refractivity contribution in [2.24, 2.45) is 0 Å². The van der Waals surface area contributed by atoms with Crippen molar-refractivity contribution < 1.29 is 14.6 Å². The van der Waals surface area contributed by atoms with E-state index in [4.69, 9.17) is 21.4 Å². The number of hydrogen-bond acceptors (Lipinski definition) is 3. The zero-order valence-corrected chi connectivity index (χ0v) is 10.1. The van der Waals surface area contributed by atoms with Crippen LogP contribution in [-0.4, -0.2) is 16.1 Å². The van der Waals surface area contributed by atoms with Gasteiger partial charge in [0.2, 0.25) is 0 Å². The van der Waals surface area contributed by atoms with Crippen LogP contribution in [0.1, 0.15) is 15.9 Å². The molecule has 1 N–H and O–H groups in total. The molecule has 0 atom stereocenters. The van der Waals surface area contributed by atoms with Crippen molar-refractivity contribution in [2.45, 2.75) is 6.61 Å². The van der Waals surface area contributed by atoms with E-state index >= 15 is 0 Å². The molecule has 1 heterocycles. The van der Waals surface area contributed by atoms with Crippen LogP contribution in [0.5, 0.6) is 5.75 Å². The molecule has 0 amide bonds. The lowest BCUT2D eigenvalue weighted by atomic mass is 10.2. The highest BCUT2D eigenvalue weighted by atomic mass is 35.5. The quantitative estimate of drug-likeness (QED) is 0.921. The first-order valence-corrected chi connectivity index (χ1v) is 5.59. The van der Waals surface area contributed by atoms with Gasteiger partial charge in [-0.05, 0) is 35.9 Å². The van der Waals surface area contributed by atoms with Gasteiger partial charge in [-0.1, -0.05) is 11.6 Å². The number of nitrogens with zero attached hydrogens (tertiary/aromatic N) is 1. The van der Waals surface area contributed by atoms with Gasteiger partial charge in [0.05, 0.1) is 0 Å². The highest BCUT2D eigenvalue weighted by Crippen LogP contribution is 2.23. The molecule has 92 valence electrons. The molecule has 0 bridgehead atoms. The lowest BCUT2D eigenvalue weighted by molar-refractivity contribution is 0.0691. The standard InChI is InChI=1S/C13H10ClNO3/c14-10-1-2-12(11(7-10)13(16)17)18-8-9-3-5-15-6-4-9/h1-7H,8H2,(H,16,17). The second-order valence-corrected chi connectivity index (χ2v) is 4.03. The van der Waals surface area contributed by atoms with Crippen LogP contribution in [-0.2, 0) is 6.61 Å². The first kappa shape index (κ1) is 12.4. The fraction of sp³-hybridized carbons (Fsp3) is 0.0769. The number of hydrogen-bond donors (Lipinski definition) is 1. The molecule has 4 nitrogen and oxygen atoms in total. The van der Waals surface area contributed by atoms with Crippen molar-refractivity contribution in [2.75, 3.05) is 0 Å². The smallest absolute Gasteiger partial charge is 0.339 e. The molecule has 18 heavy (non-hydrogen) atoms. The Morgan fingerprint density at radius 2 is 2.00 bits per heavy atom. The SMILES string of the molecule is O=C(O)c1cc(Cl)ccc1OCc1ccncc1. The van der Waals surface area contributed by atoms with Crippen molar-refractivity contribution >= 4 is 17.6 Å². The summed E-state index contributed by atoms with van der Waals surface area (Å²) in [5.74, 6) is -0.772. The predicted molar refractivity (Wildman–Crippen MR) is 67.0 cm³/mol. The van der Waals surface area contributed by atoms with Crippen molar-refractivity contribution in [3.8, 4) is 5.75 Å². The molecule has 0 saturated carbocycles. The maximum absolute atomic E-state index is 11.0. The van der Waals surface area contributed by atoms with Gasteiger partial charge in [0.15, 0.2) is 0 Å². The second-order valence-electron chi connectivity index (χ2n) is 3.59. The van der Waals surface area contributed by atoms with Gasteiger partial charge in [-0.25, -0.2) is 4.79 Å². The number of aromatic nitrogens is 1. The van der Waals surface area contributed by atoms with Gasteiger partial charge in [0, 0.05) is 17.4 Å². The molecule has 2 aromatic rings. The molecule has 0 saturated heterocycles. The fourth-order valence-electron chi connectivity index (χ4n) is 1.44. The largest absolute Gasteiger partial charge is 0.488 e. The number of pyridine rings is 1. The maximum atomic E-state index is 11.0. The Balaban J connectivity index is 2.17. The number of carboxylic acid groups (broad SMARTS) is 1. The molecular formula is C13H10ClNO3. The molecule has 0 radical (unpaired) electrons. The van der Waals surface area contributed by atoms with Gasteiger partial charge in [0.25, 0.3) is 0 Å². The average molecular weight is 264 g/mol. The number of benzene rings is 1. The van der Waals surface area contributed by atoms with E-state index in [9.17, 15) is 4.79 Å². The van der Waals surface area contributed by atoms with E-state index in [2.05, 4.69) is 4.98 Å². The van der Waals surface area contributed by atoms with E-state index in [1.807, 2.05) is 0 Å². The molecule has 5 heteroatoms. The summed E-state index contributed by atoms with van der Waals surface area (Å²) in [7, 11) is 0. The average Bonchev–Trinajstić information content (AvgIpc) is 2.38. The normalized spacial score (nSPS) is 10.1. The molecule has 0 aliphatic carbocycles. The first-order chi connectivity index (χ1) is 8.66. The molecule has 1 aromatic heterocycles. The topological polar surface area (TPSA) is 59.4 Å². The van der Waals surface area contributed by atoms with E-state index in [1.54, 1.807) is 36.7 Å². The van der Waals surface area contributed by atoms with Crippen molar-refractivity contribution in [3.05, 3.63) is 58.9 Å². The summed E-state index contributed by atoms with van der Waals surface area (Å²) in [5, 5.41) is 9.40. The van der Waals surface area contributed by atoms with Gasteiger partial charge in [-0.3, -0.25) is 4.98 Å². The molecule has 0 spiro atoms. The second kappa shape index (κ2) is 5.51. The summed E-state index contributed by atoms with van der Waals surface area (Å²) in [6.07, 6.45) is 3.30. The number of carboxylic acids is 1. The minimum absolute atomic E-state index is 0.0524. The van der Waals surface area contributed by atoms with E-state index < -0.39 is 5.97 Å². The summed E-state index contributed by atoms with van der Waals surface area (Å²) in [6, 6.07) is 8.11. The number of rotatable bonds is 4. The molecule has 0 fully saturated rings. The van der Waals surface area contributed by atoms with E-state index in [-0.39, 0.29) is 12.2 Å². The Hall–Kier alpha value is -2.07. The van der Waals surface area contributed by atoms with Gasteiger partial charge >= 0.3 is 5.97 Å². The van der Waals surface area contributed by atoms with E-state index in [0.717, 1.165) is 5.56 Å². The Bertz CT molecular complexity index is 557. The Kier molecular flexibility index (Phi) is 3.79. The summed E-state index contributed by atoms with van der Waals surface area (Å²) in [5.41, 5.74) is 0.966. The minimum atomic E-state index is -1.07. The maximum Gasteiger partial charge on any atom is 0.339 e. The van der Waals surface area contributed by atoms with Crippen LogP contribution in [0.3, 0.4) is 0 Å². The van der Waals surface area contributed by atoms with Crippen LogP contribution in [0.4, 0.5) is 0 Å². The van der Waals surface area contributed by atoms with Crippen LogP contribution >= 0.6 is 11.6 Å². The van der Waals surface area contributed by atoms with Crippen LogP contribution < -0.4 is 4.74 Å². The first-order valence-electron chi connectivity index (χ1n) is 5.21. The lowest BCUT2D eigenvalue weighted by Crippen LogP contribution is -2.03. The van der Waals surface area contributed by atoms with Gasteiger partial charge < -0.3 is 9.84 Å². The molecule has 2 rings (SSSR count). The van der Waals surface area contributed by atoms with Gasteiger partial charge in [-0.15, -0.1) is 0 Å². The molecule has 1 aromatic carbocycles. The zero-order valence-electron chi connectivity index (χ0n) is 9.34. The minimum Gasteiger partial charge on any atom is -0.488 e. The number of halogens is 1. The Labute approximate surface area is 109 Å². The lowest BCUT2D eigenvalue weighted by Gasteiger charge is -2.09. The third-order valence-electron chi connectivity index (χ3n) is 2.32. The summed E-state index contributed by atoms with van der Waals surface area (Å²) in [6.45, 7) is 0.282. The highest BCUT2D eigenvalue weighted by Gasteiger charge is 2.11. The summed E-state index contributed by atoms with van der Waals surface area (Å²) >= 11 is 5.75. The number of ether oxygens (including phenoxy) is 1. The highest BCUT2D eigenvalue weighted by molar-refractivity contribution is 6.31. The van der Waals surface area contributed by atoms with Crippen molar-refractivity contribution in [1.29, 1.82) is 0 Å². The van der Waals surface area contributed by atoms with Gasteiger partial charge in [0.1, 0.15) is 17.9 Å². The molecule has 0 aliphatic rings. The molecular weight excluding hydrogens is 254 g/mol. The van der Waals surface area contributed by atoms with Crippen molar-refractivity contribution in [3.63, 3.8) is 0 Å². The van der Waals surface area contributed by atoms with Crippen LogP contribution in [0.15, 0.2) is 42.7 Å². The van der Waals surface area contributed by atoms with Crippen LogP contribution in [0.2, 0.25) is 5.02 Å². The Morgan fingerprint density at radius 1 is 1.28 bits per heavy atom. The monoisotopic (exact) mass is 263 g/mol. The predicted octanol–water partition coefficient (Wildman–Crippen LogP) is 3.01. The van der Waals surface area contributed by atoms with Crippen LogP contribution in [0.25, 0.3) is 0 Å². The molecule has 0 aliphatic heterocycles. The zero-order chi connectivity index (χ0) is 13.0. The van der Waals surface area contributed by atoms with Gasteiger partial charge in [-0.2, -0.15) is 0 Å². The van der Waals surface area contributed by atoms with Crippen LogP contribution in [0, 0.1) is 0 Å². The third-order valence-corrected chi connectivity index (χ3v) is 2.55. The molecule has 0 unspecified atom stereocenters. The Morgan fingerprint density at radius 3 is 2.67 bits per heavy atom. The number of carbonyl (C=O) groups is 1. The summed E-state index contributed by atoms with van der Waals surface area (Å²) in [4.78, 5) is 14.9. The van der Waals surface area contributed by atoms with E-state index in [0.29, 0.717) is 10.8 Å². The number of aromatic carboxylic acids is 1.